The maximum absolute atomic E-state index is 12.9. The number of rotatable bonds is 13. The van der Waals surface area contributed by atoms with Crippen LogP contribution in [0.4, 0.5) is 9.59 Å². The molecule has 0 aliphatic rings. The van der Waals surface area contributed by atoms with Crippen LogP contribution in [-0.4, -0.2) is 71.1 Å². The summed E-state index contributed by atoms with van der Waals surface area (Å²) in [6.45, 7) is 7.66. The number of nitrogens with one attached hydrogen (secondary N) is 2. The number of Topliss-reactive ketones (excluding diaryl/α,β-unsaturated/α-hetero) is 1. The second kappa shape index (κ2) is 14.7. The van der Waals surface area contributed by atoms with Crippen LogP contribution in [0.15, 0.2) is 30.3 Å². The van der Waals surface area contributed by atoms with Crippen LogP contribution < -0.4 is 10.6 Å². The van der Waals surface area contributed by atoms with E-state index in [4.69, 9.17) is 9.47 Å². The van der Waals surface area contributed by atoms with Gasteiger partial charge in [0.1, 0.15) is 24.8 Å². The topological polar surface area (TPSA) is 151 Å². The van der Waals surface area contributed by atoms with Gasteiger partial charge in [-0.05, 0) is 38.7 Å². The summed E-state index contributed by atoms with van der Waals surface area (Å²) in [4.78, 5) is 61.9. The van der Waals surface area contributed by atoms with Crippen LogP contribution in [0.25, 0.3) is 0 Å². The largest absolute Gasteiger partial charge is 0.480 e. The number of carboxylic acid groups (broad SMARTS) is 1. The van der Waals surface area contributed by atoms with Crippen LogP contribution in [0.1, 0.15) is 53.0 Å². The first-order chi connectivity index (χ1) is 16.8. The van der Waals surface area contributed by atoms with Gasteiger partial charge in [0.25, 0.3) is 0 Å². The Morgan fingerprint density at radius 1 is 0.972 bits per heavy atom. The SMILES string of the molecule is CC(C)CC(C(=O)O)N(CCC(=O)CNC(=O)OC(C)(C)C)C(=O)CNC(=O)OCc1ccccc1. The molecule has 1 rings (SSSR count). The number of hydrogen-bond donors (Lipinski definition) is 3. The Kier molecular flexibility index (Phi) is 12.4. The molecule has 1 unspecified atom stereocenters. The third kappa shape index (κ3) is 12.7. The molecule has 36 heavy (non-hydrogen) atoms. The van der Waals surface area contributed by atoms with Gasteiger partial charge in [-0.25, -0.2) is 14.4 Å². The maximum atomic E-state index is 12.9. The molecule has 0 saturated heterocycles. The predicted octanol–water partition coefficient (Wildman–Crippen LogP) is 2.72. The van der Waals surface area contributed by atoms with E-state index in [0.29, 0.717) is 0 Å². The van der Waals surface area contributed by atoms with Crippen molar-refractivity contribution >= 4 is 29.8 Å². The van der Waals surface area contributed by atoms with E-state index >= 15 is 0 Å². The van der Waals surface area contributed by atoms with Gasteiger partial charge in [0, 0.05) is 13.0 Å². The molecule has 1 atom stereocenters. The molecule has 0 fully saturated rings. The van der Waals surface area contributed by atoms with E-state index in [0.717, 1.165) is 10.5 Å². The number of nitrogens with zero attached hydrogens (tertiary/aromatic N) is 1. The van der Waals surface area contributed by atoms with Crippen molar-refractivity contribution in [3.63, 3.8) is 0 Å². The van der Waals surface area contributed by atoms with Crippen LogP contribution in [0.3, 0.4) is 0 Å². The van der Waals surface area contributed by atoms with Crippen LogP contribution in [0, 0.1) is 5.92 Å². The average Bonchev–Trinajstić information content (AvgIpc) is 2.78. The molecule has 0 aliphatic heterocycles. The highest BCUT2D eigenvalue weighted by Crippen LogP contribution is 2.14. The lowest BCUT2D eigenvalue weighted by atomic mass is 10.0. The fourth-order valence-corrected chi connectivity index (χ4v) is 3.10. The van der Waals surface area contributed by atoms with Crippen molar-refractivity contribution in [1.82, 2.24) is 15.5 Å². The summed E-state index contributed by atoms with van der Waals surface area (Å²) in [6, 6.07) is 7.78. The Bertz CT molecular complexity index is 896. The zero-order valence-electron chi connectivity index (χ0n) is 21.5. The third-order valence-electron chi connectivity index (χ3n) is 4.73. The lowest BCUT2D eigenvalue weighted by Gasteiger charge is -2.30. The molecule has 0 bridgehead atoms. The summed E-state index contributed by atoms with van der Waals surface area (Å²) in [7, 11) is 0. The predicted molar refractivity (Wildman–Crippen MR) is 131 cm³/mol. The van der Waals surface area contributed by atoms with Gasteiger partial charge < -0.3 is 30.1 Å². The molecule has 1 aromatic rings. The fourth-order valence-electron chi connectivity index (χ4n) is 3.10. The molecule has 3 amide bonds. The fraction of sp³-hybridized carbons (Fsp3) is 0.560. The first-order valence-electron chi connectivity index (χ1n) is 11.7. The van der Waals surface area contributed by atoms with Crippen LogP contribution >= 0.6 is 0 Å². The van der Waals surface area contributed by atoms with E-state index in [-0.39, 0.29) is 38.5 Å². The molecule has 3 N–H and O–H groups in total. The molecule has 0 aliphatic carbocycles. The minimum atomic E-state index is -1.22. The van der Waals surface area contributed by atoms with Crippen molar-refractivity contribution in [3.8, 4) is 0 Å². The van der Waals surface area contributed by atoms with E-state index in [1.54, 1.807) is 45.0 Å². The molecular formula is C25H37N3O8. The molecule has 11 nitrogen and oxygen atoms in total. The van der Waals surface area contributed by atoms with Gasteiger partial charge in [-0.3, -0.25) is 9.59 Å². The number of ether oxygens (including phenoxy) is 2. The smallest absolute Gasteiger partial charge is 0.408 e. The molecule has 0 spiro atoms. The lowest BCUT2D eigenvalue weighted by molar-refractivity contribution is -0.151. The number of aliphatic carboxylic acids is 1. The minimum Gasteiger partial charge on any atom is -0.480 e. The summed E-state index contributed by atoms with van der Waals surface area (Å²) >= 11 is 0. The van der Waals surface area contributed by atoms with Gasteiger partial charge in [-0.1, -0.05) is 44.2 Å². The second-order valence-electron chi connectivity index (χ2n) is 9.63. The number of carboxylic acids is 1. The summed E-state index contributed by atoms with van der Waals surface area (Å²) in [5.74, 6) is -2.35. The van der Waals surface area contributed by atoms with E-state index in [1.807, 2.05) is 19.9 Å². The molecule has 0 aromatic heterocycles. The Morgan fingerprint density at radius 2 is 1.58 bits per heavy atom. The number of alkyl carbamates (subject to hydrolysis) is 2. The van der Waals surface area contributed by atoms with Gasteiger partial charge in [0.2, 0.25) is 5.91 Å². The van der Waals surface area contributed by atoms with E-state index in [2.05, 4.69) is 10.6 Å². The van der Waals surface area contributed by atoms with Crippen molar-refractivity contribution < 1.29 is 38.6 Å². The Balaban J connectivity index is 2.72. The normalized spacial score (nSPS) is 11.8. The number of carbonyl (C=O) groups is 5. The van der Waals surface area contributed by atoms with Crippen molar-refractivity contribution in [2.75, 3.05) is 19.6 Å². The summed E-state index contributed by atoms with van der Waals surface area (Å²) in [6.07, 6.45) is -1.63. The number of ketones is 1. The first kappa shape index (κ1) is 30.4. The molecule has 1 aromatic carbocycles. The van der Waals surface area contributed by atoms with Crippen molar-refractivity contribution in [1.29, 1.82) is 0 Å². The first-order valence-corrected chi connectivity index (χ1v) is 11.7. The quantitative estimate of drug-likeness (QED) is 0.369. The highest BCUT2D eigenvalue weighted by Gasteiger charge is 2.31. The minimum absolute atomic E-state index is 0.00876. The van der Waals surface area contributed by atoms with Crippen LogP contribution in [0.5, 0.6) is 0 Å². The standard InChI is InChI=1S/C25H37N3O8/c1-17(2)13-20(22(31)32)28(12-11-19(29)14-26-24(34)36-25(3,4)5)21(30)15-27-23(33)35-16-18-9-7-6-8-10-18/h6-10,17,20H,11-16H2,1-5H3,(H,26,34)(H,27,33)(H,31,32). The van der Waals surface area contributed by atoms with Gasteiger partial charge in [-0.2, -0.15) is 0 Å². The number of amides is 3. The van der Waals surface area contributed by atoms with Crippen LogP contribution in [0.2, 0.25) is 0 Å². The summed E-state index contributed by atoms with van der Waals surface area (Å²) in [5.41, 5.74) is 0.0407. The zero-order valence-corrected chi connectivity index (χ0v) is 21.5. The van der Waals surface area contributed by atoms with Crippen molar-refractivity contribution in [2.45, 2.75) is 65.7 Å². The molecule has 11 heteroatoms. The van der Waals surface area contributed by atoms with E-state index in [9.17, 15) is 29.1 Å². The Morgan fingerprint density at radius 3 is 2.14 bits per heavy atom. The number of hydrogen-bond acceptors (Lipinski definition) is 7. The van der Waals surface area contributed by atoms with Crippen LogP contribution in [-0.2, 0) is 30.5 Å². The Labute approximate surface area is 211 Å². The average molecular weight is 508 g/mol. The lowest BCUT2D eigenvalue weighted by Crippen LogP contribution is -2.50. The second-order valence-corrected chi connectivity index (χ2v) is 9.63. The van der Waals surface area contributed by atoms with Gasteiger partial charge in [0.05, 0.1) is 6.54 Å². The molecule has 0 radical (unpaired) electrons. The molecule has 0 saturated carbocycles. The zero-order chi connectivity index (χ0) is 27.3. The maximum Gasteiger partial charge on any atom is 0.408 e. The van der Waals surface area contributed by atoms with Crippen molar-refractivity contribution in [2.24, 2.45) is 5.92 Å². The third-order valence-corrected chi connectivity index (χ3v) is 4.73. The number of carbonyl (C=O) groups excluding carboxylic acids is 4. The van der Waals surface area contributed by atoms with Gasteiger partial charge >= 0.3 is 18.2 Å². The summed E-state index contributed by atoms with van der Waals surface area (Å²) < 4.78 is 10.1. The Hall–Kier alpha value is -3.63. The van der Waals surface area contributed by atoms with E-state index in [1.165, 1.54) is 0 Å². The molecular weight excluding hydrogens is 470 g/mol. The highest BCUT2D eigenvalue weighted by molar-refractivity contribution is 5.88. The monoisotopic (exact) mass is 507 g/mol. The van der Waals surface area contributed by atoms with Gasteiger partial charge in [0.15, 0.2) is 5.78 Å². The van der Waals surface area contributed by atoms with Crippen molar-refractivity contribution in [3.05, 3.63) is 35.9 Å². The van der Waals surface area contributed by atoms with Gasteiger partial charge in [-0.15, -0.1) is 0 Å². The number of benzene rings is 1. The highest BCUT2D eigenvalue weighted by atomic mass is 16.6. The molecule has 200 valence electrons. The van der Waals surface area contributed by atoms with E-state index < -0.39 is 48.0 Å². The summed E-state index contributed by atoms with van der Waals surface area (Å²) in [5, 5.41) is 14.4. The molecule has 0 heterocycles.